The first-order valence-electron chi connectivity index (χ1n) is 7.17. The SMILES string of the molecule is COC(=O)C1C2CCC(C[C@@H]1c1ccc(I)cc1)N2C. The van der Waals surface area contributed by atoms with Crippen LogP contribution in [0.3, 0.4) is 0 Å². The van der Waals surface area contributed by atoms with Gasteiger partial charge in [0.15, 0.2) is 0 Å². The summed E-state index contributed by atoms with van der Waals surface area (Å²) < 4.78 is 6.33. The lowest BCUT2D eigenvalue weighted by molar-refractivity contribution is -0.150. The van der Waals surface area contributed by atoms with Crippen molar-refractivity contribution in [1.82, 2.24) is 4.90 Å². The number of fused-ring (bicyclic) bond motifs is 2. The van der Waals surface area contributed by atoms with E-state index in [4.69, 9.17) is 4.74 Å². The number of methoxy groups -OCH3 is 1. The minimum absolute atomic E-state index is 0.0242. The van der Waals surface area contributed by atoms with Gasteiger partial charge in [-0.05, 0) is 66.6 Å². The van der Waals surface area contributed by atoms with Crippen LogP contribution in [0.5, 0.6) is 0 Å². The van der Waals surface area contributed by atoms with Gasteiger partial charge in [0.2, 0.25) is 0 Å². The van der Waals surface area contributed by atoms with Crippen LogP contribution in [0.2, 0.25) is 0 Å². The number of esters is 1. The van der Waals surface area contributed by atoms with Gasteiger partial charge >= 0.3 is 5.97 Å². The standard InChI is InChI=1S/C16H20INO2/c1-18-12-7-8-14(18)15(16(19)20-2)13(9-12)10-3-5-11(17)6-4-10/h3-6,12-15H,7-9H2,1-2H3/t12?,13-,14?,15?/m1/s1. The molecule has 2 bridgehead atoms. The Morgan fingerprint density at radius 3 is 2.65 bits per heavy atom. The van der Waals surface area contributed by atoms with Crippen LogP contribution in [0.25, 0.3) is 0 Å². The number of halogens is 1. The predicted octanol–water partition coefficient (Wildman–Crippen LogP) is 3.03. The smallest absolute Gasteiger partial charge is 0.310 e. The third-order valence-electron chi connectivity index (χ3n) is 5.04. The first-order valence-corrected chi connectivity index (χ1v) is 8.25. The number of ether oxygens (including phenoxy) is 1. The number of piperidine rings is 1. The second kappa shape index (κ2) is 5.64. The van der Waals surface area contributed by atoms with Crippen molar-refractivity contribution in [3.05, 3.63) is 33.4 Å². The highest BCUT2D eigenvalue weighted by Crippen LogP contribution is 2.46. The molecule has 3 rings (SSSR count). The van der Waals surface area contributed by atoms with Gasteiger partial charge in [0.25, 0.3) is 0 Å². The molecular formula is C16H20INO2. The Morgan fingerprint density at radius 1 is 1.30 bits per heavy atom. The fourth-order valence-corrected chi connectivity index (χ4v) is 4.34. The van der Waals surface area contributed by atoms with Gasteiger partial charge in [-0.3, -0.25) is 9.69 Å². The monoisotopic (exact) mass is 385 g/mol. The second-order valence-corrected chi connectivity index (χ2v) is 7.15. The predicted molar refractivity (Wildman–Crippen MR) is 86.6 cm³/mol. The molecule has 3 unspecified atom stereocenters. The summed E-state index contributed by atoms with van der Waals surface area (Å²) in [4.78, 5) is 14.7. The molecule has 2 aliphatic heterocycles. The van der Waals surface area contributed by atoms with Crippen LogP contribution in [0.1, 0.15) is 30.7 Å². The van der Waals surface area contributed by atoms with Crippen LogP contribution in [-0.4, -0.2) is 37.1 Å². The van der Waals surface area contributed by atoms with E-state index in [1.165, 1.54) is 22.7 Å². The molecule has 108 valence electrons. The summed E-state index contributed by atoms with van der Waals surface area (Å²) in [7, 11) is 3.66. The van der Waals surface area contributed by atoms with Gasteiger partial charge in [-0.1, -0.05) is 12.1 Å². The first kappa shape index (κ1) is 14.3. The fourth-order valence-electron chi connectivity index (χ4n) is 3.98. The van der Waals surface area contributed by atoms with Crippen molar-refractivity contribution in [3.8, 4) is 0 Å². The van der Waals surface area contributed by atoms with Gasteiger partial charge in [-0.2, -0.15) is 0 Å². The van der Waals surface area contributed by atoms with Gasteiger partial charge in [0, 0.05) is 21.6 Å². The Kier molecular flexibility index (Phi) is 4.04. The molecule has 2 saturated heterocycles. The molecule has 2 fully saturated rings. The highest BCUT2D eigenvalue weighted by Gasteiger charge is 2.49. The zero-order valence-electron chi connectivity index (χ0n) is 11.9. The Labute approximate surface area is 133 Å². The largest absolute Gasteiger partial charge is 0.469 e. The summed E-state index contributed by atoms with van der Waals surface area (Å²) in [5.74, 6) is 0.225. The Morgan fingerprint density at radius 2 is 2.00 bits per heavy atom. The van der Waals surface area contributed by atoms with E-state index >= 15 is 0 Å². The van der Waals surface area contributed by atoms with E-state index in [0.29, 0.717) is 18.0 Å². The summed E-state index contributed by atoms with van der Waals surface area (Å²) in [5.41, 5.74) is 1.28. The average molecular weight is 385 g/mol. The van der Waals surface area contributed by atoms with Gasteiger partial charge in [-0.25, -0.2) is 0 Å². The topological polar surface area (TPSA) is 29.5 Å². The molecule has 1 aromatic carbocycles. The number of carbonyl (C=O) groups is 1. The number of carbonyl (C=O) groups excluding carboxylic acids is 1. The summed E-state index contributed by atoms with van der Waals surface area (Å²) in [6.45, 7) is 0. The number of hydrogen-bond donors (Lipinski definition) is 0. The molecule has 0 N–H and O–H groups in total. The van der Waals surface area contributed by atoms with Crippen molar-refractivity contribution in [2.24, 2.45) is 5.92 Å². The normalized spacial score (nSPS) is 33.1. The molecule has 4 heteroatoms. The Balaban J connectivity index is 1.95. The summed E-state index contributed by atoms with van der Waals surface area (Å²) in [6.07, 6.45) is 3.38. The molecule has 4 atom stereocenters. The molecule has 2 aliphatic rings. The van der Waals surface area contributed by atoms with Crippen LogP contribution in [0.15, 0.2) is 24.3 Å². The van der Waals surface area contributed by atoms with Crippen LogP contribution >= 0.6 is 22.6 Å². The van der Waals surface area contributed by atoms with Gasteiger partial charge < -0.3 is 4.74 Å². The van der Waals surface area contributed by atoms with Crippen molar-refractivity contribution in [1.29, 1.82) is 0 Å². The molecular weight excluding hydrogens is 365 g/mol. The van der Waals surface area contributed by atoms with E-state index < -0.39 is 0 Å². The maximum atomic E-state index is 12.3. The highest BCUT2D eigenvalue weighted by atomic mass is 127. The van der Waals surface area contributed by atoms with Crippen LogP contribution in [0.4, 0.5) is 0 Å². The molecule has 0 spiro atoms. The number of benzene rings is 1. The van der Waals surface area contributed by atoms with E-state index in [1.807, 2.05) is 0 Å². The van der Waals surface area contributed by atoms with Crippen LogP contribution < -0.4 is 0 Å². The third kappa shape index (κ3) is 2.37. The lowest BCUT2D eigenvalue weighted by Crippen LogP contribution is -2.49. The van der Waals surface area contributed by atoms with Crippen molar-refractivity contribution in [2.45, 2.75) is 37.3 Å². The molecule has 2 heterocycles. The molecule has 3 nitrogen and oxygen atoms in total. The summed E-state index contributed by atoms with van der Waals surface area (Å²) in [6, 6.07) is 9.56. The lowest BCUT2D eigenvalue weighted by atomic mass is 9.76. The molecule has 0 amide bonds. The van der Waals surface area contributed by atoms with E-state index in [-0.39, 0.29) is 11.9 Å². The summed E-state index contributed by atoms with van der Waals surface area (Å²) in [5, 5.41) is 0. The van der Waals surface area contributed by atoms with E-state index in [2.05, 4.69) is 58.8 Å². The van der Waals surface area contributed by atoms with E-state index in [9.17, 15) is 4.79 Å². The quantitative estimate of drug-likeness (QED) is 0.579. The van der Waals surface area contributed by atoms with Gasteiger partial charge in [0.05, 0.1) is 13.0 Å². The fraction of sp³-hybridized carbons (Fsp3) is 0.562. The highest BCUT2D eigenvalue weighted by molar-refractivity contribution is 14.1. The molecule has 20 heavy (non-hydrogen) atoms. The second-order valence-electron chi connectivity index (χ2n) is 5.91. The zero-order chi connectivity index (χ0) is 14.3. The number of rotatable bonds is 2. The van der Waals surface area contributed by atoms with Crippen molar-refractivity contribution >= 4 is 28.6 Å². The maximum Gasteiger partial charge on any atom is 0.310 e. The molecule has 0 saturated carbocycles. The van der Waals surface area contributed by atoms with E-state index in [1.54, 1.807) is 0 Å². The van der Waals surface area contributed by atoms with Gasteiger partial charge in [0.1, 0.15) is 0 Å². The Bertz CT molecular complexity index is 502. The number of hydrogen-bond acceptors (Lipinski definition) is 3. The van der Waals surface area contributed by atoms with Crippen molar-refractivity contribution in [2.75, 3.05) is 14.2 Å². The number of nitrogens with zero attached hydrogens (tertiary/aromatic N) is 1. The average Bonchev–Trinajstić information content (AvgIpc) is 2.70. The molecule has 0 aliphatic carbocycles. The Hall–Kier alpha value is -0.620. The summed E-state index contributed by atoms with van der Waals surface area (Å²) >= 11 is 2.32. The molecule has 0 aromatic heterocycles. The minimum Gasteiger partial charge on any atom is -0.469 e. The van der Waals surface area contributed by atoms with Gasteiger partial charge in [-0.15, -0.1) is 0 Å². The minimum atomic E-state index is -0.0502. The van der Waals surface area contributed by atoms with Crippen molar-refractivity contribution < 1.29 is 9.53 Å². The maximum absolute atomic E-state index is 12.3. The van der Waals surface area contributed by atoms with Crippen LogP contribution in [0, 0.1) is 9.49 Å². The first-order chi connectivity index (χ1) is 9.61. The van der Waals surface area contributed by atoms with Crippen molar-refractivity contribution in [3.63, 3.8) is 0 Å². The third-order valence-corrected chi connectivity index (χ3v) is 5.76. The zero-order valence-corrected chi connectivity index (χ0v) is 14.0. The molecule has 0 radical (unpaired) electrons. The lowest BCUT2D eigenvalue weighted by Gasteiger charge is -2.41. The van der Waals surface area contributed by atoms with E-state index in [0.717, 1.165) is 12.8 Å². The van der Waals surface area contributed by atoms with Crippen LogP contribution in [-0.2, 0) is 9.53 Å². The molecule has 1 aromatic rings.